The smallest absolute Gasteiger partial charge is 0.213 e. The largest absolute Gasteiger partial charge is 0.382 e. The highest BCUT2D eigenvalue weighted by Gasteiger charge is 2.19. The van der Waals surface area contributed by atoms with Crippen LogP contribution in [0.2, 0.25) is 0 Å². The number of anilines is 3. The molecule has 0 saturated carbocycles. The second-order valence-electron chi connectivity index (χ2n) is 6.02. The summed E-state index contributed by atoms with van der Waals surface area (Å²) >= 11 is 1.48. The number of nitrogens with zero attached hydrogens (tertiary/aromatic N) is 4. The fourth-order valence-electron chi connectivity index (χ4n) is 2.68. The molecule has 7 heteroatoms. The number of thiazole rings is 1. The maximum absolute atomic E-state index is 9.54. The Labute approximate surface area is 154 Å². The van der Waals surface area contributed by atoms with Crippen molar-refractivity contribution >= 4 is 38.9 Å². The molecule has 0 aliphatic heterocycles. The van der Waals surface area contributed by atoms with Crippen LogP contribution in [0, 0.1) is 25.2 Å². The van der Waals surface area contributed by atoms with Crippen LogP contribution in [-0.4, -0.2) is 14.8 Å². The Kier molecular flexibility index (Phi) is 3.82. The van der Waals surface area contributed by atoms with Crippen molar-refractivity contribution in [2.45, 2.75) is 13.8 Å². The summed E-state index contributed by atoms with van der Waals surface area (Å²) in [5, 5.41) is 17.9. The second-order valence-corrected chi connectivity index (χ2v) is 7.03. The lowest BCUT2D eigenvalue weighted by molar-refractivity contribution is 0.887. The first-order valence-electron chi connectivity index (χ1n) is 8.05. The van der Waals surface area contributed by atoms with Gasteiger partial charge in [-0.2, -0.15) is 9.94 Å². The zero-order valence-corrected chi connectivity index (χ0v) is 15.1. The monoisotopic (exact) mass is 360 g/mol. The maximum Gasteiger partial charge on any atom is 0.213 e. The van der Waals surface area contributed by atoms with Crippen LogP contribution >= 0.6 is 11.3 Å². The summed E-state index contributed by atoms with van der Waals surface area (Å²) in [7, 11) is 0. The summed E-state index contributed by atoms with van der Waals surface area (Å²) in [6.07, 6.45) is 0. The normalized spacial score (nSPS) is 10.8. The van der Waals surface area contributed by atoms with Crippen LogP contribution in [0.5, 0.6) is 0 Å². The van der Waals surface area contributed by atoms with E-state index in [0.717, 1.165) is 21.5 Å². The molecule has 2 aromatic heterocycles. The minimum absolute atomic E-state index is 0.276. The molecule has 3 N–H and O–H groups in total. The van der Waals surface area contributed by atoms with Gasteiger partial charge in [0.2, 0.25) is 5.13 Å². The van der Waals surface area contributed by atoms with E-state index in [-0.39, 0.29) is 5.82 Å². The van der Waals surface area contributed by atoms with Crippen LogP contribution < -0.4 is 11.1 Å². The molecule has 0 bridgehead atoms. The summed E-state index contributed by atoms with van der Waals surface area (Å²) < 4.78 is 2.56. The Bertz CT molecular complexity index is 1130. The van der Waals surface area contributed by atoms with E-state index in [0.29, 0.717) is 16.5 Å². The Hall–Kier alpha value is -3.37. The Morgan fingerprint density at radius 2 is 1.96 bits per heavy atom. The average Bonchev–Trinajstić information content (AvgIpc) is 3.19. The third kappa shape index (κ3) is 2.66. The van der Waals surface area contributed by atoms with Gasteiger partial charge in [-0.3, -0.25) is 0 Å². The molecule has 0 atom stereocenters. The molecule has 26 heavy (non-hydrogen) atoms. The number of fused-ring (bicyclic) bond motifs is 1. The first-order chi connectivity index (χ1) is 12.6. The lowest BCUT2D eigenvalue weighted by Crippen LogP contribution is -2.01. The first-order valence-corrected chi connectivity index (χ1v) is 8.87. The van der Waals surface area contributed by atoms with Crippen molar-refractivity contribution in [3.05, 3.63) is 59.2 Å². The number of benzene rings is 2. The molecule has 2 heterocycles. The van der Waals surface area contributed by atoms with E-state index >= 15 is 0 Å². The van der Waals surface area contributed by atoms with Crippen LogP contribution in [0.25, 0.3) is 15.3 Å². The summed E-state index contributed by atoms with van der Waals surface area (Å²) in [5.41, 5.74) is 10.6. The quantitative estimate of drug-likeness (QED) is 0.568. The number of nitrogens with one attached hydrogen (secondary N) is 1. The minimum Gasteiger partial charge on any atom is -0.382 e. The topological polar surface area (TPSA) is 92.6 Å². The fourth-order valence-corrected chi connectivity index (χ4v) is 3.61. The highest BCUT2D eigenvalue weighted by molar-refractivity contribution is 7.20. The predicted octanol–water partition coefficient (Wildman–Crippen LogP) is 4.30. The second kappa shape index (κ2) is 6.17. The number of nitrogen functional groups attached to an aromatic ring is 1. The van der Waals surface area contributed by atoms with Crippen molar-refractivity contribution in [3.8, 4) is 11.2 Å². The van der Waals surface area contributed by atoms with Crippen LogP contribution in [0.15, 0.2) is 42.5 Å². The highest BCUT2D eigenvalue weighted by atomic mass is 32.1. The third-order valence-corrected chi connectivity index (χ3v) is 5.28. The van der Waals surface area contributed by atoms with E-state index in [2.05, 4.69) is 28.4 Å². The lowest BCUT2D eigenvalue weighted by Gasteiger charge is -2.06. The first kappa shape index (κ1) is 16.1. The van der Waals surface area contributed by atoms with Crippen molar-refractivity contribution in [1.29, 1.82) is 5.26 Å². The molecule has 2 aromatic carbocycles. The summed E-state index contributed by atoms with van der Waals surface area (Å²) in [6, 6.07) is 16.0. The van der Waals surface area contributed by atoms with Gasteiger partial charge in [0.05, 0.1) is 10.2 Å². The van der Waals surface area contributed by atoms with E-state index in [9.17, 15) is 5.26 Å². The van der Waals surface area contributed by atoms with Crippen LogP contribution in [-0.2, 0) is 0 Å². The van der Waals surface area contributed by atoms with Gasteiger partial charge in [0, 0.05) is 5.69 Å². The number of hydrogen-bond acceptors (Lipinski definition) is 6. The van der Waals surface area contributed by atoms with Gasteiger partial charge >= 0.3 is 0 Å². The van der Waals surface area contributed by atoms with Crippen molar-refractivity contribution in [3.63, 3.8) is 0 Å². The summed E-state index contributed by atoms with van der Waals surface area (Å²) in [6.45, 7) is 4.10. The van der Waals surface area contributed by atoms with Crippen molar-refractivity contribution in [1.82, 2.24) is 14.8 Å². The third-order valence-electron chi connectivity index (χ3n) is 4.27. The standard InChI is InChI=1S/C19H16N6S/c1-11-7-8-13(9-12(11)2)22-18-14(10-20)17(21)25(24-18)19-23-15-5-3-4-6-16(15)26-19/h3-9H,21H2,1-2H3,(H,22,24). The van der Waals surface area contributed by atoms with Crippen LogP contribution in [0.4, 0.5) is 17.3 Å². The molecular weight excluding hydrogens is 344 g/mol. The van der Waals surface area contributed by atoms with Crippen molar-refractivity contribution < 1.29 is 0 Å². The van der Waals surface area contributed by atoms with Gasteiger partial charge in [0.1, 0.15) is 17.5 Å². The molecule has 0 spiro atoms. The number of aromatic nitrogens is 3. The van der Waals surface area contributed by atoms with Crippen LogP contribution in [0.1, 0.15) is 16.7 Å². The van der Waals surface area contributed by atoms with Gasteiger partial charge in [-0.05, 0) is 49.2 Å². The number of nitriles is 1. The van der Waals surface area contributed by atoms with E-state index in [1.807, 2.05) is 49.4 Å². The molecular formula is C19H16N6S. The number of para-hydroxylation sites is 1. The minimum atomic E-state index is 0.276. The molecule has 4 rings (SSSR count). The Morgan fingerprint density at radius 1 is 1.15 bits per heavy atom. The zero-order valence-electron chi connectivity index (χ0n) is 14.3. The molecule has 0 saturated heterocycles. The molecule has 0 radical (unpaired) electrons. The van der Waals surface area contributed by atoms with Crippen LogP contribution in [0.3, 0.4) is 0 Å². The molecule has 0 amide bonds. The molecule has 4 aromatic rings. The van der Waals surface area contributed by atoms with Gasteiger partial charge in [-0.1, -0.05) is 29.5 Å². The highest BCUT2D eigenvalue weighted by Crippen LogP contribution is 2.31. The molecule has 0 fully saturated rings. The maximum atomic E-state index is 9.54. The number of hydrogen-bond donors (Lipinski definition) is 2. The van der Waals surface area contributed by atoms with E-state index in [1.54, 1.807) is 0 Å². The Balaban J connectivity index is 1.78. The molecule has 0 aliphatic rings. The summed E-state index contributed by atoms with van der Waals surface area (Å²) in [5.74, 6) is 0.699. The molecule has 128 valence electrons. The molecule has 6 nitrogen and oxygen atoms in total. The summed E-state index contributed by atoms with van der Waals surface area (Å²) in [4.78, 5) is 4.57. The van der Waals surface area contributed by atoms with Gasteiger partial charge in [-0.15, -0.1) is 5.10 Å². The zero-order chi connectivity index (χ0) is 18.3. The number of aryl methyl sites for hydroxylation is 2. The predicted molar refractivity (Wildman–Crippen MR) is 105 cm³/mol. The van der Waals surface area contributed by atoms with E-state index in [1.165, 1.54) is 21.6 Å². The fraction of sp³-hybridized carbons (Fsp3) is 0.105. The van der Waals surface area contributed by atoms with Gasteiger partial charge < -0.3 is 11.1 Å². The molecule has 0 aliphatic carbocycles. The van der Waals surface area contributed by atoms with E-state index in [4.69, 9.17) is 5.73 Å². The van der Waals surface area contributed by atoms with E-state index < -0.39 is 0 Å². The van der Waals surface area contributed by atoms with Crippen molar-refractivity contribution in [2.24, 2.45) is 0 Å². The van der Waals surface area contributed by atoms with Crippen molar-refractivity contribution in [2.75, 3.05) is 11.1 Å². The lowest BCUT2D eigenvalue weighted by atomic mass is 10.1. The van der Waals surface area contributed by atoms with Gasteiger partial charge in [0.25, 0.3) is 0 Å². The number of nitrogens with two attached hydrogens (primary N) is 1. The van der Waals surface area contributed by atoms with Gasteiger partial charge in [0.15, 0.2) is 5.82 Å². The average molecular weight is 360 g/mol. The number of rotatable bonds is 3. The molecule has 0 unspecified atom stereocenters. The Morgan fingerprint density at radius 3 is 2.69 bits per heavy atom. The SMILES string of the molecule is Cc1ccc(Nc2nn(-c3nc4ccccc4s3)c(N)c2C#N)cc1C. The van der Waals surface area contributed by atoms with Gasteiger partial charge in [-0.25, -0.2) is 4.98 Å².